The molecule has 12 rings (SSSR count). The molecular weight excluding hydrogens is 775 g/mol. The van der Waals surface area contributed by atoms with Gasteiger partial charge in [-0.15, -0.1) is 0 Å². The highest BCUT2D eigenvalue weighted by Crippen LogP contribution is 2.46. The Hall–Kier alpha value is -8.46. The number of benzene rings is 11. The fraction of sp³-hybridized carbons (Fsp3) is 0. The van der Waals surface area contributed by atoms with Crippen molar-refractivity contribution in [2.24, 2.45) is 0 Å². The summed E-state index contributed by atoms with van der Waals surface area (Å²) in [5.41, 5.74) is 16.5. The summed E-state index contributed by atoms with van der Waals surface area (Å²) in [4.78, 5) is 2.43. The second-order valence-corrected chi connectivity index (χ2v) is 16.4. The van der Waals surface area contributed by atoms with Crippen LogP contribution < -0.4 is 4.90 Å². The number of fused-ring (bicyclic) bond motifs is 5. The fourth-order valence-corrected chi connectivity index (χ4v) is 9.58. The molecule has 0 unspecified atom stereocenters. The van der Waals surface area contributed by atoms with Crippen LogP contribution in [0.4, 0.5) is 17.1 Å². The summed E-state index contributed by atoms with van der Waals surface area (Å²) in [5.74, 6) is 0. The summed E-state index contributed by atoms with van der Waals surface area (Å²) in [6.07, 6.45) is 0. The van der Waals surface area contributed by atoms with Gasteiger partial charge in [-0.2, -0.15) is 0 Å². The van der Waals surface area contributed by atoms with Crippen LogP contribution in [0.5, 0.6) is 0 Å². The highest BCUT2D eigenvalue weighted by molar-refractivity contribution is 6.10. The highest BCUT2D eigenvalue weighted by Gasteiger charge is 2.21. The van der Waals surface area contributed by atoms with E-state index in [1.807, 2.05) is 6.07 Å². The average Bonchev–Trinajstić information content (AvgIpc) is 3.76. The smallest absolute Gasteiger partial charge is 0.143 e. The molecule has 0 aliphatic heterocycles. The Morgan fingerprint density at radius 1 is 0.266 bits per heavy atom. The van der Waals surface area contributed by atoms with Crippen LogP contribution in [-0.4, -0.2) is 0 Å². The zero-order chi connectivity index (χ0) is 42.4. The van der Waals surface area contributed by atoms with E-state index in [-0.39, 0.29) is 0 Å². The molecule has 11 aromatic carbocycles. The van der Waals surface area contributed by atoms with E-state index in [1.54, 1.807) is 0 Å². The minimum atomic E-state index is 0.892. The first kappa shape index (κ1) is 37.3. The predicted octanol–water partition coefficient (Wildman–Crippen LogP) is 17.7. The van der Waals surface area contributed by atoms with E-state index >= 15 is 0 Å². The van der Waals surface area contributed by atoms with E-state index in [2.05, 4.69) is 248 Å². The Bertz CT molecular complexity index is 3660. The van der Waals surface area contributed by atoms with Crippen LogP contribution >= 0.6 is 0 Å². The van der Waals surface area contributed by atoms with Gasteiger partial charge in [-0.25, -0.2) is 0 Å². The molecule has 0 fully saturated rings. The second kappa shape index (κ2) is 15.8. The van der Waals surface area contributed by atoms with Gasteiger partial charge in [-0.1, -0.05) is 206 Å². The molecule has 2 heteroatoms. The first-order valence-corrected chi connectivity index (χ1v) is 21.9. The normalized spacial score (nSPS) is 11.4. The highest BCUT2D eigenvalue weighted by atomic mass is 16.3. The molecule has 0 aliphatic carbocycles. The molecule has 0 aliphatic rings. The van der Waals surface area contributed by atoms with Gasteiger partial charge in [-0.3, -0.25) is 0 Å². The van der Waals surface area contributed by atoms with Crippen LogP contribution in [0.15, 0.2) is 253 Å². The summed E-state index contributed by atoms with van der Waals surface area (Å²) in [6.45, 7) is 0. The van der Waals surface area contributed by atoms with Crippen LogP contribution in [0.3, 0.4) is 0 Å². The number of furan rings is 1. The number of para-hydroxylation sites is 2. The van der Waals surface area contributed by atoms with Crippen molar-refractivity contribution in [3.05, 3.63) is 249 Å². The van der Waals surface area contributed by atoms with Crippen LogP contribution in [0, 0.1) is 0 Å². The molecule has 64 heavy (non-hydrogen) atoms. The molecule has 1 aromatic heterocycles. The minimum Gasteiger partial charge on any atom is -0.455 e. The Kier molecular flexibility index (Phi) is 9.20. The molecular formula is C62H41NO. The summed E-state index contributed by atoms with van der Waals surface area (Å²) in [5, 5.41) is 7.19. The number of nitrogens with zero attached hydrogens (tertiary/aromatic N) is 1. The number of anilines is 3. The largest absolute Gasteiger partial charge is 0.455 e. The van der Waals surface area contributed by atoms with Crippen molar-refractivity contribution in [2.75, 3.05) is 4.90 Å². The maximum absolute atomic E-state index is 6.58. The van der Waals surface area contributed by atoms with E-state index in [1.165, 1.54) is 43.8 Å². The molecule has 0 saturated heterocycles. The van der Waals surface area contributed by atoms with Crippen LogP contribution in [0.2, 0.25) is 0 Å². The van der Waals surface area contributed by atoms with E-state index < -0.39 is 0 Å². The Labute approximate surface area is 372 Å². The Morgan fingerprint density at radius 3 is 1.53 bits per heavy atom. The van der Waals surface area contributed by atoms with Crippen molar-refractivity contribution in [1.82, 2.24) is 0 Å². The third kappa shape index (κ3) is 6.61. The summed E-state index contributed by atoms with van der Waals surface area (Å²) in [6, 6.07) is 89.8. The van der Waals surface area contributed by atoms with Gasteiger partial charge in [0.2, 0.25) is 0 Å². The summed E-state index contributed by atoms with van der Waals surface area (Å²) >= 11 is 0. The van der Waals surface area contributed by atoms with Gasteiger partial charge in [0.15, 0.2) is 0 Å². The van der Waals surface area contributed by atoms with Crippen molar-refractivity contribution >= 4 is 60.5 Å². The topological polar surface area (TPSA) is 16.4 Å². The van der Waals surface area contributed by atoms with Gasteiger partial charge in [0.05, 0.1) is 5.69 Å². The standard InChI is InChI=1S/C62H41NO/c1-2-15-45(16-3-1)56-38-35-49(55-29-13-20-44-18-5-7-26-53(44)55)41-60(56)63(51-24-11-23-48(40-51)57-30-14-31-59-58-27-8-9-32-61(58)64-62(57)59)50-36-33-42(34-37-50)46-21-10-22-47(39-46)54-28-12-19-43-17-4-6-25-52(43)54/h1-41H. The zero-order valence-electron chi connectivity index (χ0n) is 35.0. The van der Waals surface area contributed by atoms with Gasteiger partial charge in [-0.05, 0) is 109 Å². The zero-order valence-corrected chi connectivity index (χ0v) is 35.0. The molecule has 0 atom stereocenters. The Balaban J connectivity index is 1.04. The van der Waals surface area contributed by atoms with Crippen LogP contribution in [-0.2, 0) is 0 Å². The monoisotopic (exact) mass is 815 g/mol. The van der Waals surface area contributed by atoms with Gasteiger partial charge in [0.1, 0.15) is 11.2 Å². The van der Waals surface area contributed by atoms with Crippen molar-refractivity contribution in [3.8, 4) is 55.6 Å². The summed E-state index contributed by atoms with van der Waals surface area (Å²) in [7, 11) is 0. The predicted molar refractivity (Wildman–Crippen MR) is 271 cm³/mol. The maximum atomic E-state index is 6.58. The lowest BCUT2D eigenvalue weighted by Gasteiger charge is -2.29. The molecule has 0 amide bonds. The van der Waals surface area contributed by atoms with Gasteiger partial charge < -0.3 is 9.32 Å². The molecule has 0 N–H and O–H groups in total. The first-order valence-electron chi connectivity index (χ1n) is 21.9. The number of rotatable bonds is 8. The van der Waals surface area contributed by atoms with Crippen molar-refractivity contribution in [3.63, 3.8) is 0 Å². The fourth-order valence-electron chi connectivity index (χ4n) is 9.58. The number of hydrogen-bond acceptors (Lipinski definition) is 2. The molecule has 1 heterocycles. The van der Waals surface area contributed by atoms with Gasteiger partial charge >= 0.3 is 0 Å². The average molecular weight is 816 g/mol. The van der Waals surface area contributed by atoms with E-state index in [0.717, 1.165) is 72.4 Å². The van der Waals surface area contributed by atoms with Crippen molar-refractivity contribution < 1.29 is 4.42 Å². The maximum Gasteiger partial charge on any atom is 0.143 e. The second-order valence-electron chi connectivity index (χ2n) is 16.4. The van der Waals surface area contributed by atoms with Crippen LogP contribution in [0.1, 0.15) is 0 Å². The third-order valence-electron chi connectivity index (χ3n) is 12.7. The molecule has 0 bridgehead atoms. The van der Waals surface area contributed by atoms with Crippen LogP contribution in [0.25, 0.3) is 99.1 Å². The first-order chi connectivity index (χ1) is 31.7. The van der Waals surface area contributed by atoms with Gasteiger partial charge in [0, 0.05) is 33.3 Å². The van der Waals surface area contributed by atoms with E-state index in [4.69, 9.17) is 4.42 Å². The molecule has 0 spiro atoms. The minimum absolute atomic E-state index is 0.892. The van der Waals surface area contributed by atoms with E-state index in [0.29, 0.717) is 0 Å². The molecule has 12 aromatic rings. The quantitative estimate of drug-likeness (QED) is 0.152. The summed E-state index contributed by atoms with van der Waals surface area (Å²) < 4.78 is 6.58. The third-order valence-corrected chi connectivity index (χ3v) is 12.7. The van der Waals surface area contributed by atoms with Crippen molar-refractivity contribution in [2.45, 2.75) is 0 Å². The lowest BCUT2D eigenvalue weighted by Crippen LogP contribution is -2.11. The lowest BCUT2D eigenvalue weighted by atomic mass is 9.93. The van der Waals surface area contributed by atoms with E-state index in [9.17, 15) is 0 Å². The Morgan fingerprint density at radius 2 is 0.781 bits per heavy atom. The van der Waals surface area contributed by atoms with Crippen molar-refractivity contribution in [1.29, 1.82) is 0 Å². The van der Waals surface area contributed by atoms with Gasteiger partial charge in [0.25, 0.3) is 0 Å². The molecule has 0 radical (unpaired) electrons. The molecule has 2 nitrogen and oxygen atoms in total. The SMILES string of the molecule is c1ccc(-c2ccc(-c3cccc4ccccc34)cc2N(c2ccc(-c3cccc(-c4cccc5ccccc45)c3)cc2)c2cccc(-c3cccc4c3oc3ccccc34)c2)cc1. The molecule has 300 valence electrons. The number of hydrogen-bond donors (Lipinski definition) is 0. The lowest BCUT2D eigenvalue weighted by molar-refractivity contribution is 0.670. The molecule has 0 saturated carbocycles.